The molecular weight excluding hydrogens is 350 g/mol. The van der Waals surface area contributed by atoms with Crippen molar-refractivity contribution >= 4 is 23.4 Å². The number of hydrogen-bond acceptors (Lipinski definition) is 5. The number of aromatic nitrogens is 2. The molecule has 136 valence electrons. The summed E-state index contributed by atoms with van der Waals surface area (Å²) < 4.78 is 12.0. The second kappa shape index (κ2) is 6.89. The van der Waals surface area contributed by atoms with Crippen LogP contribution in [0.4, 0.5) is 5.69 Å². The number of nitrogens with zero attached hydrogens (tertiary/aromatic N) is 3. The minimum absolute atomic E-state index is 0.0263. The second-order valence-corrected chi connectivity index (χ2v) is 7.70. The summed E-state index contributed by atoms with van der Waals surface area (Å²) in [7, 11) is 0. The molecule has 0 N–H and O–H groups in total. The van der Waals surface area contributed by atoms with Crippen LogP contribution < -0.4 is 9.64 Å². The van der Waals surface area contributed by atoms with Gasteiger partial charge >= 0.3 is 0 Å². The van der Waals surface area contributed by atoms with Gasteiger partial charge in [0.2, 0.25) is 5.28 Å². The summed E-state index contributed by atoms with van der Waals surface area (Å²) in [6.45, 7) is 5.62. The monoisotopic (exact) mass is 371 g/mol. The number of hydrogen-bond donors (Lipinski definition) is 0. The maximum atomic E-state index is 5.99. The first-order chi connectivity index (χ1) is 12.5. The molecule has 1 atom stereocenters. The Morgan fingerprint density at radius 1 is 1.31 bits per heavy atom. The van der Waals surface area contributed by atoms with Crippen molar-refractivity contribution in [3.05, 3.63) is 53.2 Å². The van der Waals surface area contributed by atoms with Crippen molar-refractivity contribution in [3.8, 4) is 5.75 Å². The molecule has 2 aromatic rings. The van der Waals surface area contributed by atoms with Crippen LogP contribution in [-0.2, 0) is 11.3 Å². The Bertz CT molecular complexity index is 820. The van der Waals surface area contributed by atoms with Crippen LogP contribution in [-0.4, -0.2) is 28.3 Å². The molecule has 0 spiro atoms. The third kappa shape index (κ3) is 3.84. The maximum Gasteiger partial charge on any atom is 0.222 e. The van der Waals surface area contributed by atoms with E-state index in [1.165, 1.54) is 11.1 Å². The quantitative estimate of drug-likeness (QED) is 0.743. The standard InChI is InChI=1S/C20H22ClN3O2/c1-20(2)7-5-18(26-20)13-25-17-4-3-15-12-24(8-6-14(15)9-17)16-10-22-19(21)23-11-16/h3-4,6,8-11,18H,5,7,12-13H2,1-2H3. The van der Waals surface area contributed by atoms with Crippen molar-refractivity contribution in [3.63, 3.8) is 0 Å². The second-order valence-electron chi connectivity index (χ2n) is 7.36. The summed E-state index contributed by atoms with van der Waals surface area (Å²) in [5, 5.41) is 0.256. The van der Waals surface area contributed by atoms with E-state index in [2.05, 4.69) is 46.9 Å². The van der Waals surface area contributed by atoms with Crippen LogP contribution in [0.5, 0.6) is 5.75 Å². The number of ether oxygens (including phenoxy) is 2. The van der Waals surface area contributed by atoms with Crippen LogP contribution in [0.1, 0.15) is 37.8 Å². The van der Waals surface area contributed by atoms with Gasteiger partial charge in [-0.15, -0.1) is 0 Å². The molecular formula is C20H22ClN3O2. The molecule has 2 aliphatic rings. The molecule has 4 rings (SSSR count). The molecule has 0 saturated carbocycles. The molecule has 2 aliphatic heterocycles. The van der Waals surface area contributed by atoms with Crippen LogP contribution in [0, 0.1) is 0 Å². The van der Waals surface area contributed by atoms with E-state index < -0.39 is 0 Å². The van der Waals surface area contributed by atoms with E-state index in [0.29, 0.717) is 6.61 Å². The van der Waals surface area contributed by atoms with Crippen LogP contribution in [0.25, 0.3) is 6.08 Å². The predicted molar refractivity (Wildman–Crippen MR) is 102 cm³/mol. The lowest BCUT2D eigenvalue weighted by Gasteiger charge is -2.25. The summed E-state index contributed by atoms with van der Waals surface area (Å²) in [5.41, 5.74) is 3.29. The zero-order valence-electron chi connectivity index (χ0n) is 15.0. The molecule has 1 saturated heterocycles. The largest absolute Gasteiger partial charge is 0.491 e. The topological polar surface area (TPSA) is 47.5 Å². The average Bonchev–Trinajstić information content (AvgIpc) is 2.99. The van der Waals surface area contributed by atoms with Crippen molar-refractivity contribution in [2.45, 2.75) is 44.9 Å². The summed E-state index contributed by atoms with van der Waals surface area (Å²) in [6.07, 6.45) is 9.87. The number of anilines is 1. The Morgan fingerprint density at radius 2 is 2.12 bits per heavy atom. The Labute approximate surface area is 158 Å². The first kappa shape index (κ1) is 17.3. The van der Waals surface area contributed by atoms with E-state index in [9.17, 15) is 0 Å². The number of fused-ring (bicyclic) bond motifs is 1. The third-order valence-electron chi connectivity index (χ3n) is 4.82. The lowest BCUT2D eigenvalue weighted by Crippen LogP contribution is -2.24. The highest BCUT2D eigenvalue weighted by molar-refractivity contribution is 6.28. The Morgan fingerprint density at radius 3 is 2.85 bits per heavy atom. The van der Waals surface area contributed by atoms with E-state index in [1.807, 2.05) is 12.3 Å². The highest BCUT2D eigenvalue weighted by Crippen LogP contribution is 2.31. The predicted octanol–water partition coefficient (Wildman–Crippen LogP) is 4.46. The number of benzene rings is 1. The van der Waals surface area contributed by atoms with Gasteiger partial charge in [0.05, 0.1) is 29.8 Å². The van der Waals surface area contributed by atoms with Gasteiger partial charge in [0.15, 0.2) is 0 Å². The van der Waals surface area contributed by atoms with E-state index in [-0.39, 0.29) is 17.0 Å². The molecule has 0 aliphatic carbocycles. The van der Waals surface area contributed by atoms with E-state index in [0.717, 1.165) is 30.8 Å². The fraction of sp³-hybridized carbons (Fsp3) is 0.400. The first-order valence-corrected chi connectivity index (χ1v) is 9.22. The van der Waals surface area contributed by atoms with Crippen LogP contribution in [0.3, 0.4) is 0 Å². The van der Waals surface area contributed by atoms with Gasteiger partial charge in [0.25, 0.3) is 0 Å². The van der Waals surface area contributed by atoms with Crippen LogP contribution >= 0.6 is 11.6 Å². The average molecular weight is 372 g/mol. The molecule has 1 aromatic heterocycles. The zero-order valence-corrected chi connectivity index (χ0v) is 15.7. The van der Waals surface area contributed by atoms with Crippen LogP contribution in [0.2, 0.25) is 5.28 Å². The van der Waals surface area contributed by atoms with Gasteiger partial charge in [-0.05, 0) is 67.6 Å². The van der Waals surface area contributed by atoms with Gasteiger partial charge in [-0.2, -0.15) is 0 Å². The van der Waals surface area contributed by atoms with E-state index in [4.69, 9.17) is 21.1 Å². The van der Waals surface area contributed by atoms with Crippen molar-refractivity contribution in [2.24, 2.45) is 0 Å². The lowest BCUT2D eigenvalue weighted by molar-refractivity contribution is -0.0326. The third-order valence-corrected chi connectivity index (χ3v) is 5.02. The normalized spacial score (nSPS) is 20.9. The van der Waals surface area contributed by atoms with Gasteiger partial charge in [-0.25, -0.2) is 9.97 Å². The summed E-state index contributed by atoms with van der Waals surface area (Å²) in [4.78, 5) is 10.2. The fourth-order valence-electron chi connectivity index (χ4n) is 3.38. The van der Waals surface area contributed by atoms with Crippen molar-refractivity contribution in [1.29, 1.82) is 0 Å². The van der Waals surface area contributed by atoms with Gasteiger partial charge in [-0.1, -0.05) is 6.07 Å². The van der Waals surface area contributed by atoms with Crippen molar-refractivity contribution in [1.82, 2.24) is 9.97 Å². The fourth-order valence-corrected chi connectivity index (χ4v) is 3.48. The van der Waals surface area contributed by atoms with Gasteiger partial charge < -0.3 is 14.4 Å². The highest BCUT2D eigenvalue weighted by Gasteiger charge is 2.31. The Balaban J connectivity index is 1.41. The van der Waals surface area contributed by atoms with Gasteiger partial charge in [0.1, 0.15) is 12.4 Å². The highest BCUT2D eigenvalue weighted by atomic mass is 35.5. The smallest absolute Gasteiger partial charge is 0.222 e. The summed E-state index contributed by atoms with van der Waals surface area (Å²) in [6, 6.07) is 6.22. The van der Waals surface area contributed by atoms with E-state index >= 15 is 0 Å². The Kier molecular flexibility index (Phi) is 4.59. The van der Waals surface area contributed by atoms with Crippen molar-refractivity contribution in [2.75, 3.05) is 11.5 Å². The molecule has 26 heavy (non-hydrogen) atoms. The van der Waals surface area contributed by atoms with Gasteiger partial charge in [0, 0.05) is 12.7 Å². The molecule has 5 nitrogen and oxygen atoms in total. The lowest BCUT2D eigenvalue weighted by atomic mass is 10.0. The summed E-state index contributed by atoms with van der Waals surface area (Å²) >= 11 is 5.76. The van der Waals surface area contributed by atoms with Gasteiger partial charge in [-0.3, -0.25) is 0 Å². The molecule has 0 amide bonds. The maximum absolute atomic E-state index is 5.99. The van der Waals surface area contributed by atoms with Crippen molar-refractivity contribution < 1.29 is 9.47 Å². The molecule has 3 heterocycles. The van der Waals surface area contributed by atoms with Crippen LogP contribution in [0.15, 0.2) is 36.8 Å². The summed E-state index contributed by atoms with van der Waals surface area (Å²) in [5.74, 6) is 0.880. The minimum atomic E-state index is -0.0263. The molecule has 1 unspecified atom stereocenters. The van der Waals surface area contributed by atoms with E-state index in [1.54, 1.807) is 12.4 Å². The minimum Gasteiger partial charge on any atom is -0.491 e. The number of halogens is 1. The SMILES string of the molecule is CC1(C)CCC(COc2ccc3c(c2)C=CN(c2cnc(Cl)nc2)C3)O1. The Hall–Kier alpha value is -2.11. The molecule has 1 aromatic carbocycles. The first-order valence-electron chi connectivity index (χ1n) is 8.84. The number of rotatable bonds is 4. The molecule has 0 radical (unpaired) electrons. The molecule has 0 bridgehead atoms. The zero-order chi connectivity index (χ0) is 18.1. The molecule has 6 heteroatoms. The molecule has 1 fully saturated rings.